The van der Waals surface area contributed by atoms with Gasteiger partial charge in [-0.25, -0.2) is 0 Å². The van der Waals surface area contributed by atoms with Crippen LogP contribution in [-0.2, 0) is 9.13 Å². The van der Waals surface area contributed by atoms with E-state index in [-0.39, 0.29) is 6.42 Å². The molecule has 0 fully saturated rings. The molecule has 0 radical (unpaired) electrons. The minimum Gasteiger partial charge on any atom is -0.497 e. The lowest BCUT2D eigenvalue weighted by Gasteiger charge is -2.19. The summed E-state index contributed by atoms with van der Waals surface area (Å²) in [7, 11) is -7.95. The molecule has 0 aliphatic carbocycles. The molecule has 0 aromatic heterocycles. The van der Waals surface area contributed by atoms with Crippen LogP contribution in [0.3, 0.4) is 0 Å². The molecule has 0 aliphatic rings. The van der Waals surface area contributed by atoms with Crippen molar-refractivity contribution in [2.75, 3.05) is 12.9 Å². The first-order valence-electron chi connectivity index (χ1n) is 7.52. The molecule has 0 saturated heterocycles. The van der Waals surface area contributed by atoms with Gasteiger partial charge in [-0.3, -0.25) is 9.13 Å². The lowest BCUT2D eigenvalue weighted by Crippen LogP contribution is -2.09. The third-order valence-corrected chi connectivity index (χ3v) is 8.43. The molecule has 0 heterocycles. The minimum absolute atomic E-state index is 0.166. The molecule has 0 saturated carbocycles. The molecule has 0 spiro atoms. The van der Waals surface area contributed by atoms with Crippen molar-refractivity contribution in [3.8, 4) is 5.75 Å². The summed E-state index contributed by atoms with van der Waals surface area (Å²) in [5.41, 5.74) is 0. The largest absolute Gasteiger partial charge is 0.497 e. The SMILES string of the molecule is COc1ccc(SCCCCCCC(P(=O)(O)O)P(=O)(O)O)cc1. The van der Waals surface area contributed by atoms with Crippen molar-refractivity contribution in [1.82, 2.24) is 0 Å². The second-order valence-corrected chi connectivity index (χ2v) is 10.6. The van der Waals surface area contributed by atoms with Crippen LogP contribution in [-0.4, -0.2) is 37.8 Å². The molecule has 7 nitrogen and oxygen atoms in total. The molecule has 0 amide bonds. The van der Waals surface area contributed by atoms with Crippen molar-refractivity contribution in [3.05, 3.63) is 24.3 Å². The number of hydrogen-bond acceptors (Lipinski definition) is 4. The molecule has 0 atom stereocenters. The molecule has 1 rings (SSSR count). The first-order chi connectivity index (χ1) is 11.1. The number of unbranched alkanes of at least 4 members (excludes halogenated alkanes) is 3. The summed E-state index contributed by atoms with van der Waals surface area (Å²) >= 11 is 1.71. The first-order valence-corrected chi connectivity index (χ1v) is 11.9. The standard InChI is InChI=1S/C14H24O7P2S/c1-21-12-7-9-13(10-8-12)24-11-5-3-2-4-6-14(22(15,16)17)23(18,19)20/h7-10,14H,2-6,11H2,1H3,(H2,15,16,17)(H2,18,19,20). The molecular formula is C14H24O7P2S. The van der Waals surface area contributed by atoms with Crippen molar-refractivity contribution in [1.29, 1.82) is 0 Å². The molecule has 0 bridgehead atoms. The van der Waals surface area contributed by atoms with Crippen LogP contribution in [0.2, 0.25) is 0 Å². The molecule has 4 N–H and O–H groups in total. The number of ether oxygens (including phenoxy) is 1. The van der Waals surface area contributed by atoms with Crippen LogP contribution in [0.25, 0.3) is 0 Å². The maximum Gasteiger partial charge on any atom is 0.340 e. The summed E-state index contributed by atoms with van der Waals surface area (Å²) < 4.78 is 27.4. The maximum absolute atomic E-state index is 11.1. The van der Waals surface area contributed by atoms with Crippen molar-refractivity contribution in [2.24, 2.45) is 0 Å². The number of benzene rings is 1. The smallest absolute Gasteiger partial charge is 0.340 e. The van der Waals surface area contributed by atoms with Crippen LogP contribution in [0.5, 0.6) is 5.75 Å². The first kappa shape index (κ1) is 21.7. The maximum atomic E-state index is 11.1. The van der Waals surface area contributed by atoms with Gasteiger partial charge in [0.1, 0.15) is 5.75 Å². The highest BCUT2D eigenvalue weighted by Crippen LogP contribution is 2.61. The van der Waals surface area contributed by atoms with E-state index in [1.807, 2.05) is 24.3 Å². The van der Waals surface area contributed by atoms with Gasteiger partial charge in [-0.05, 0) is 42.9 Å². The Bertz CT molecular complexity index is 559. The average molecular weight is 398 g/mol. The Morgan fingerprint density at radius 2 is 1.50 bits per heavy atom. The number of methoxy groups -OCH3 is 1. The van der Waals surface area contributed by atoms with Gasteiger partial charge in [0, 0.05) is 4.90 Å². The molecule has 10 heteroatoms. The highest BCUT2D eigenvalue weighted by molar-refractivity contribution is 7.99. The van der Waals surface area contributed by atoms with Gasteiger partial charge >= 0.3 is 15.2 Å². The van der Waals surface area contributed by atoms with E-state index < -0.39 is 20.6 Å². The Hall–Kier alpha value is -0.330. The third kappa shape index (κ3) is 8.17. The van der Waals surface area contributed by atoms with Crippen LogP contribution in [0.15, 0.2) is 29.2 Å². The topological polar surface area (TPSA) is 124 Å². The zero-order valence-electron chi connectivity index (χ0n) is 13.4. The summed E-state index contributed by atoms with van der Waals surface area (Å²) in [6.45, 7) is 0. The fourth-order valence-electron chi connectivity index (χ4n) is 2.18. The highest BCUT2D eigenvalue weighted by Gasteiger charge is 2.42. The third-order valence-electron chi connectivity index (χ3n) is 3.46. The Kier molecular flexibility index (Phi) is 9.02. The van der Waals surface area contributed by atoms with Gasteiger partial charge in [-0.2, -0.15) is 0 Å². The van der Waals surface area contributed by atoms with Crippen LogP contribution in [0.1, 0.15) is 32.1 Å². The van der Waals surface area contributed by atoms with E-state index >= 15 is 0 Å². The van der Waals surface area contributed by atoms with Gasteiger partial charge in [-0.15, -0.1) is 11.8 Å². The summed E-state index contributed by atoms with van der Waals surface area (Å²) in [6.07, 6.45) is 2.67. The number of hydrogen-bond donors (Lipinski definition) is 4. The van der Waals surface area contributed by atoms with E-state index in [9.17, 15) is 9.13 Å². The Morgan fingerprint density at radius 3 is 2.00 bits per heavy atom. The quantitative estimate of drug-likeness (QED) is 0.254. The van der Waals surface area contributed by atoms with Gasteiger partial charge in [0.05, 0.1) is 7.11 Å². The average Bonchev–Trinajstić information content (AvgIpc) is 2.48. The van der Waals surface area contributed by atoms with Crippen molar-refractivity contribution >= 4 is 27.0 Å². The lowest BCUT2D eigenvalue weighted by atomic mass is 10.2. The summed E-state index contributed by atoms with van der Waals surface area (Å²) in [5.74, 6) is 1.72. The molecule has 0 unspecified atom stereocenters. The molecule has 138 valence electrons. The van der Waals surface area contributed by atoms with Crippen molar-refractivity contribution < 1.29 is 33.4 Å². The predicted molar refractivity (Wildman–Crippen MR) is 94.7 cm³/mol. The van der Waals surface area contributed by atoms with Crippen LogP contribution >= 0.6 is 27.0 Å². The Balaban J connectivity index is 2.21. The molecule has 1 aromatic rings. The highest BCUT2D eigenvalue weighted by atomic mass is 32.2. The molecule has 1 aromatic carbocycles. The van der Waals surface area contributed by atoms with E-state index in [2.05, 4.69) is 0 Å². The Labute approximate surface area is 146 Å². The van der Waals surface area contributed by atoms with Gasteiger partial charge in [0.2, 0.25) is 0 Å². The van der Waals surface area contributed by atoms with E-state index in [0.717, 1.165) is 29.2 Å². The van der Waals surface area contributed by atoms with E-state index in [0.29, 0.717) is 12.8 Å². The van der Waals surface area contributed by atoms with Gasteiger partial charge < -0.3 is 24.3 Å². The van der Waals surface area contributed by atoms with Crippen LogP contribution in [0.4, 0.5) is 0 Å². The normalized spacial score (nSPS) is 12.6. The van der Waals surface area contributed by atoms with E-state index in [1.165, 1.54) is 0 Å². The van der Waals surface area contributed by atoms with Gasteiger partial charge in [-0.1, -0.05) is 19.3 Å². The fraction of sp³-hybridized carbons (Fsp3) is 0.571. The van der Waals surface area contributed by atoms with E-state index in [1.54, 1.807) is 18.9 Å². The molecular weight excluding hydrogens is 374 g/mol. The minimum atomic E-state index is -4.78. The van der Waals surface area contributed by atoms with Gasteiger partial charge in [0.15, 0.2) is 5.40 Å². The Morgan fingerprint density at radius 1 is 0.958 bits per heavy atom. The number of thioether (sulfide) groups is 1. The number of rotatable bonds is 11. The molecule has 0 aliphatic heterocycles. The predicted octanol–water partition coefficient (Wildman–Crippen LogP) is 3.42. The van der Waals surface area contributed by atoms with Crippen LogP contribution < -0.4 is 4.74 Å². The second-order valence-electron chi connectivity index (χ2n) is 5.39. The zero-order valence-corrected chi connectivity index (χ0v) is 16.1. The summed E-state index contributed by atoms with van der Waals surface area (Å²) in [4.78, 5) is 37.2. The summed E-state index contributed by atoms with van der Waals surface area (Å²) in [5, 5.41) is -1.88. The monoisotopic (exact) mass is 398 g/mol. The van der Waals surface area contributed by atoms with Gasteiger partial charge in [0.25, 0.3) is 0 Å². The zero-order chi connectivity index (χ0) is 18.2. The van der Waals surface area contributed by atoms with E-state index in [4.69, 9.17) is 24.3 Å². The fourth-order valence-corrected chi connectivity index (χ4v) is 5.69. The second kappa shape index (κ2) is 9.97. The van der Waals surface area contributed by atoms with Crippen LogP contribution in [0, 0.1) is 0 Å². The van der Waals surface area contributed by atoms with Crippen molar-refractivity contribution in [3.63, 3.8) is 0 Å². The molecule has 24 heavy (non-hydrogen) atoms. The summed E-state index contributed by atoms with van der Waals surface area (Å²) in [6, 6.07) is 7.75. The lowest BCUT2D eigenvalue weighted by molar-refractivity contribution is 0.333. The van der Waals surface area contributed by atoms with Crippen molar-refractivity contribution in [2.45, 2.75) is 42.4 Å².